The van der Waals surface area contributed by atoms with E-state index >= 15 is 0 Å². The van der Waals surface area contributed by atoms with Crippen LogP contribution in [-0.2, 0) is 0 Å². The van der Waals surface area contributed by atoms with Crippen LogP contribution in [0.15, 0.2) is 35.4 Å². The number of aryl methyl sites for hydroxylation is 1. The van der Waals surface area contributed by atoms with Crippen molar-refractivity contribution < 1.29 is 10.2 Å². The summed E-state index contributed by atoms with van der Waals surface area (Å²) in [6.45, 7) is 8.38. The van der Waals surface area contributed by atoms with Gasteiger partial charge in [0, 0.05) is 17.5 Å². The van der Waals surface area contributed by atoms with E-state index in [0.29, 0.717) is 5.92 Å². The molecule has 21 heavy (non-hydrogen) atoms. The highest BCUT2D eigenvalue weighted by molar-refractivity contribution is 5.49. The highest BCUT2D eigenvalue weighted by Crippen LogP contribution is 2.44. The highest BCUT2D eigenvalue weighted by atomic mass is 16.3. The SMILES string of the molecule is CC(C)=CCC1CCC(C)=CC1c1c(C)cc(O)cc1O. The third-order valence-corrected chi connectivity index (χ3v) is 4.39. The van der Waals surface area contributed by atoms with Gasteiger partial charge in [-0.05, 0) is 64.5 Å². The molecule has 2 nitrogen and oxygen atoms in total. The van der Waals surface area contributed by atoms with Crippen molar-refractivity contribution in [1.29, 1.82) is 0 Å². The number of phenolic OH excluding ortho intramolecular Hbond substituents is 2. The standard InChI is InChI=1S/C19H26O2/c1-12(2)5-7-15-8-6-13(3)9-17(15)19-14(4)10-16(20)11-18(19)21/h5,9-11,15,17,20-21H,6-8H2,1-4H3. The van der Waals surface area contributed by atoms with Crippen LogP contribution >= 0.6 is 0 Å². The Morgan fingerprint density at radius 2 is 1.95 bits per heavy atom. The Morgan fingerprint density at radius 1 is 1.24 bits per heavy atom. The summed E-state index contributed by atoms with van der Waals surface area (Å²) in [6.07, 6.45) is 7.91. The third kappa shape index (κ3) is 3.69. The molecular formula is C19H26O2. The molecule has 2 unspecified atom stereocenters. The van der Waals surface area contributed by atoms with Gasteiger partial charge in [0.2, 0.25) is 0 Å². The molecule has 0 amide bonds. The molecule has 1 aliphatic rings. The van der Waals surface area contributed by atoms with Gasteiger partial charge in [0.15, 0.2) is 0 Å². The lowest BCUT2D eigenvalue weighted by Crippen LogP contribution is -2.16. The topological polar surface area (TPSA) is 40.5 Å². The number of benzene rings is 1. The Balaban J connectivity index is 2.41. The van der Waals surface area contributed by atoms with E-state index in [0.717, 1.165) is 30.4 Å². The van der Waals surface area contributed by atoms with Gasteiger partial charge in [0.25, 0.3) is 0 Å². The van der Waals surface area contributed by atoms with Crippen LogP contribution in [0.2, 0.25) is 0 Å². The zero-order valence-corrected chi connectivity index (χ0v) is 13.5. The van der Waals surface area contributed by atoms with Gasteiger partial charge in [-0.25, -0.2) is 0 Å². The van der Waals surface area contributed by atoms with Gasteiger partial charge in [0.05, 0.1) is 0 Å². The van der Waals surface area contributed by atoms with E-state index < -0.39 is 0 Å². The van der Waals surface area contributed by atoms with Crippen LogP contribution in [0, 0.1) is 12.8 Å². The van der Waals surface area contributed by atoms with Crippen LogP contribution in [0.5, 0.6) is 11.5 Å². The molecule has 1 aromatic carbocycles. The highest BCUT2D eigenvalue weighted by Gasteiger charge is 2.27. The molecule has 0 heterocycles. The van der Waals surface area contributed by atoms with Gasteiger partial charge in [-0.2, -0.15) is 0 Å². The quantitative estimate of drug-likeness (QED) is 0.749. The first-order valence-electron chi connectivity index (χ1n) is 7.71. The van der Waals surface area contributed by atoms with Crippen LogP contribution in [0.1, 0.15) is 57.1 Å². The minimum absolute atomic E-state index is 0.131. The zero-order valence-electron chi connectivity index (χ0n) is 13.5. The molecule has 0 saturated heterocycles. The summed E-state index contributed by atoms with van der Waals surface area (Å²) in [4.78, 5) is 0. The molecule has 0 bridgehead atoms. The predicted molar refractivity (Wildman–Crippen MR) is 87.8 cm³/mol. The Labute approximate surface area is 127 Å². The molecule has 2 heteroatoms. The molecule has 2 rings (SSSR count). The summed E-state index contributed by atoms with van der Waals surface area (Å²) < 4.78 is 0. The monoisotopic (exact) mass is 286 g/mol. The second-order valence-electron chi connectivity index (χ2n) is 6.55. The van der Waals surface area contributed by atoms with E-state index in [1.807, 2.05) is 6.92 Å². The number of phenols is 2. The maximum absolute atomic E-state index is 10.3. The maximum atomic E-state index is 10.3. The van der Waals surface area contributed by atoms with Crippen molar-refractivity contribution in [3.63, 3.8) is 0 Å². The second-order valence-corrected chi connectivity index (χ2v) is 6.55. The van der Waals surface area contributed by atoms with Crippen LogP contribution < -0.4 is 0 Å². The van der Waals surface area contributed by atoms with Crippen LogP contribution in [0.25, 0.3) is 0 Å². The zero-order chi connectivity index (χ0) is 15.6. The first-order chi connectivity index (χ1) is 9.88. The van der Waals surface area contributed by atoms with Crippen molar-refractivity contribution >= 4 is 0 Å². The molecule has 0 radical (unpaired) electrons. The number of allylic oxidation sites excluding steroid dienone is 4. The fourth-order valence-electron chi connectivity index (χ4n) is 3.28. The number of hydrogen-bond donors (Lipinski definition) is 2. The Kier molecular flexibility index (Phi) is 4.76. The van der Waals surface area contributed by atoms with Gasteiger partial charge < -0.3 is 10.2 Å². The van der Waals surface area contributed by atoms with Crippen molar-refractivity contribution in [2.24, 2.45) is 5.92 Å². The lowest BCUT2D eigenvalue weighted by Gasteiger charge is -2.31. The number of hydrogen-bond acceptors (Lipinski definition) is 2. The van der Waals surface area contributed by atoms with E-state index in [-0.39, 0.29) is 17.4 Å². The van der Waals surface area contributed by atoms with Gasteiger partial charge in [-0.15, -0.1) is 0 Å². The van der Waals surface area contributed by atoms with E-state index in [2.05, 4.69) is 32.9 Å². The van der Waals surface area contributed by atoms with E-state index in [4.69, 9.17) is 0 Å². The van der Waals surface area contributed by atoms with Crippen molar-refractivity contribution in [3.8, 4) is 11.5 Å². The van der Waals surface area contributed by atoms with E-state index in [1.165, 1.54) is 17.2 Å². The molecule has 2 atom stereocenters. The smallest absolute Gasteiger partial charge is 0.123 e. The minimum Gasteiger partial charge on any atom is -0.508 e. The average Bonchev–Trinajstić information content (AvgIpc) is 2.36. The summed E-state index contributed by atoms with van der Waals surface area (Å²) in [5, 5.41) is 19.9. The normalized spacial score (nSPS) is 21.8. The Bertz CT molecular complexity index is 554. The molecule has 0 saturated carbocycles. The van der Waals surface area contributed by atoms with Gasteiger partial charge in [-0.3, -0.25) is 0 Å². The van der Waals surface area contributed by atoms with E-state index in [9.17, 15) is 10.2 Å². The molecule has 2 N–H and O–H groups in total. The third-order valence-electron chi connectivity index (χ3n) is 4.39. The van der Waals surface area contributed by atoms with Crippen molar-refractivity contribution in [2.45, 2.75) is 52.9 Å². The lowest BCUT2D eigenvalue weighted by molar-refractivity contribution is 0.398. The molecule has 0 aliphatic heterocycles. The molecule has 0 spiro atoms. The summed E-state index contributed by atoms with van der Waals surface area (Å²) >= 11 is 0. The van der Waals surface area contributed by atoms with Crippen molar-refractivity contribution in [2.75, 3.05) is 0 Å². The maximum Gasteiger partial charge on any atom is 0.123 e. The largest absolute Gasteiger partial charge is 0.508 e. The summed E-state index contributed by atoms with van der Waals surface area (Å²) in [5.74, 6) is 1.09. The van der Waals surface area contributed by atoms with E-state index in [1.54, 1.807) is 6.07 Å². The first kappa shape index (κ1) is 15.7. The van der Waals surface area contributed by atoms with Crippen molar-refractivity contribution in [3.05, 3.63) is 46.6 Å². The van der Waals surface area contributed by atoms with Crippen LogP contribution in [0.3, 0.4) is 0 Å². The fraction of sp³-hybridized carbons (Fsp3) is 0.474. The average molecular weight is 286 g/mol. The molecule has 0 aromatic heterocycles. The molecular weight excluding hydrogens is 260 g/mol. The van der Waals surface area contributed by atoms with Gasteiger partial charge in [0.1, 0.15) is 11.5 Å². The summed E-state index contributed by atoms with van der Waals surface area (Å²) in [6, 6.07) is 3.20. The number of rotatable bonds is 3. The molecule has 1 aromatic rings. The Hall–Kier alpha value is -1.70. The minimum atomic E-state index is 0.131. The molecule has 0 fully saturated rings. The molecule has 114 valence electrons. The van der Waals surface area contributed by atoms with Gasteiger partial charge in [-0.1, -0.05) is 23.3 Å². The summed E-state index contributed by atoms with van der Waals surface area (Å²) in [7, 11) is 0. The lowest BCUT2D eigenvalue weighted by atomic mass is 9.74. The predicted octanol–water partition coefficient (Wildman–Crippen LogP) is 5.20. The van der Waals surface area contributed by atoms with Crippen molar-refractivity contribution in [1.82, 2.24) is 0 Å². The molecule has 1 aliphatic carbocycles. The van der Waals surface area contributed by atoms with Gasteiger partial charge >= 0.3 is 0 Å². The first-order valence-corrected chi connectivity index (χ1v) is 7.71. The Morgan fingerprint density at radius 3 is 2.57 bits per heavy atom. The van der Waals surface area contributed by atoms with Crippen LogP contribution in [0.4, 0.5) is 0 Å². The summed E-state index contributed by atoms with van der Waals surface area (Å²) in [5.41, 5.74) is 4.66. The fourth-order valence-corrected chi connectivity index (χ4v) is 3.28. The second kappa shape index (κ2) is 6.38. The van der Waals surface area contributed by atoms with Crippen LogP contribution in [-0.4, -0.2) is 10.2 Å². The number of aromatic hydroxyl groups is 2.